The minimum atomic E-state index is 0.922. The highest BCUT2D eigenvalue weighted by atomic mass is 16.3. The minimum Gasteiger partial charge on any atom is -0.456 e. The summed E-state index contributed by atoms with van der Waals surface area (Å²) in [6.07, 6.45) is 0. The van der Waals surface area contributed by atoms with Crippen LogP contribution in [0.1, 0.15) is 0 Å². The molecule has 0 saturated carbocycles. The summed E-state index contributed by atoms with van der Waals surface area (Å²) in [7, 11) is 0. The molecular weight excluding hydrogens is 572 g/mol. The van der Waals surface area contributed by atoms with Crippen LogP contribution in [0.25, 0.3) is 71.0 Å². The van der Waals surface area contributed by atoms with Gasteiger partial charge in [0.2, 0.25) is 0 Å². The molecule has 2 heterocycles. The van der Waals surface area contributed by atoms with Gasteiger partial charge in [0.15, 0.2) is 0 Å². The van der Waals surface area contributed by atoms with Crippen LogP contribution in [0.15, 0.2) is 174 Å². The van der Waals surface area contributed by atoms with Crippen LogP contribution in [0.2, 0.25) is 0 Å². The smallest absolute Gasteiger partial charge is 0.136 e. The first kappa shape index (κ1) is 26.0. The first-order valence-corrected chi connectivity index (χ1v) is 16.0. The number of benzene rings is 8. The average molecular weight is 601 g/mol. The van der Waals surface area contributed by atoms with Crippen LogP contribution in [0.3, 0.4) is 0 Å². The minimum absolute atomic E-state index is 0.922. The Kier molecular flexibility index (Phi) is 5.57. The van der Waals surface area contributed by atoms with Crippen molar-refractivity contribution in [1.29, 1.82) is 0 Å². The number of hydrogen-bond acceptors (Lipinski definition) is 2. The molecule has 2 aromatic heterocycles. The summed E-state index contributed by atoms with van der Waals surface area (Å²) in [4.78, 5) is 2.35. The molecule has 47 heavy (non-hydrogen) atoms. The van der Waals surface area contributed by atoms with E-state index in [-0.39, 0.29) is 0 Å². The lowest BCUT2D eigenvalue weighted by atomic mass is 9.99. The molecule has 0 radical (unpaired) electrons. The highest BCUT2D eigenvalue weighted by Crippen LogP contribution is 2.40. The third-order valence-corrected chi connectivity index (χ3v) is 9.52. The Morgan fingerprint density at radius 2 is 1.00 bits per heavy atom. The van der Waals surface area contributed by atoms with Crippen molar-refractivity contribution in [3.63, 3.8) is 0 Å². The predicted molar refractivity (Wildman–Crippen MR) is 198 cm³/mol. The molecule has 0 aliphatic heterocycles. The summed E-state index contributed by atoms with van der Waals surface area (Å²) in [6.45, 7) is 0. The molecule has 0 aliphatic carbocycles. The van der Waals surface area contributed by atoms with Gasteiger partial charge >= 0.3 is 0 Å². The molecule has 0 bridgehead atoms. The SMILES string of the molecule is c1ccc(N(c2cccc(-n3c4ccccc4c4ccccc43)c2)c2ccc3c(ccc4cc5oc6ccccc6c5cc43)c2)cc1. The normalized spacial score (nSPS) is 11.8. The Morgan fingerprint density at radius 1 is 0.362 bits per heavy atom. The number of para-hydroxylation sites is 4. The molecule has 8 aromatic carbocycles. The van der Waals surface area contributed by atoms with Crippen molar-refractivity contribution in [3.05, 3.63) is 170 Å². The van der Waals surface area contributed by atoms with Crippen LogP contribution in [0.5, 0.6) is 0 Å². The number of furan rings is 1. The second-order valence-corrected chi connectivity index (χ2v) is 12.2. The van der Waals surface area contributed by atoms with Crippen molar-refractivity contribution in [1.82, 2.24) is 4.57 Å². The maximum atomic E-state index is 6.20. The summed E-state index contributed by atoms with van der Waals surface area (Å²) >= 11 is 0. The van der Waals surface area contributed by atoms with Crippen LogP contribution in [0.4, 0.5) is 17.1 Å². The molecule has 10 rings (SSSR count). The molecule has 3 heteroatoms. The predicted octanol–water partition coefficient (Wildman–Crippen LogP) is 12.5. The quantitative estimate of drug-likeness (QED) is 0.187. The van der Waals surface area contributed by atoms with Gasteiger partial charge in [-0.05, 0) is 94.3 Å². The van der Waals surface area contributed by atoms with Crippen LogP contribution < -0.4 is 4.90 Å². The first-order chi connectivity index (χ1) is 23.3. The van der Waals surface area contributed by atoms with Crippen molar-refractivity contribution in [2.24, 2.45) is 0 Å². The molecule has 0 fully saturated rings. The zero-order valence-corrected chi connectivity index (χ0v) is 25.5. The summed E-state index contributed by atoms with van der Waals surface area (Å²) in [5.41, 5.74) is 8.70. The van der Waals surface area contributed by atoms with E-state index in [1.165, 1.54) is 43.4 Å². The topological polar surface area (TPSA) is 21.3 Å². The average Bonchev–Trinajstić information content (AvgIpc) is 3.66. The molecule has 0 N–H and O–H groups in total. The fourth-order valence-electron chi connectivity index (χ4n) is 7.41. The number of fused-ring (bicyclic) bond motifs is 9. The third kappa shape index (κ3) is 4.00. The lowest BCUT2D eigenvalue weighted by Crippen LogP contribution is -2.10. The van der Waals surface area contributed by atoms with E-state index in [2.05, 4.69) is 167 Å². The molecule has 0 aliphatic rings. The fourth-order valence-corrected chi connectivity index (χ4v) is 7.41. The van der Waals surface area contributed by atoms with Crippen molar-refractivity contribution < 1.29 is 4.42 Å². The Balaban J connectivity index is 1.16. The van der Waals surface area contributed by atoms with Gasteiger partial charge in [0, 0.05) is 44.3 Å². The molecule has 0 amide bonds. The number of rotatable bonds is 4. The van der Waals surface area contributed by atoms with Gasteiger partial charge < -0.3 is 13.9 Å². The number of anilines is 3. The van der Waals surface area contributed by atoms with Gasteiger partial charge in [-0.2, -0.15) is 0 Å². The molecule has 0 saturated heterocycles. The number of nitrogens with zero attached hydrogens (tertiary/aromatic N) is 2. The van der Waals surface area contributed by atoms with Crippen molar-refractivity contribution in [2.75, 3.05) is 4.90 Å². The summed E-state index contributed by atoms with van der Waals surface area (Å²) in [5, 5.41) is 9.65. The van der Waals surface area contributed by atoms with Gasteiger partial charge in [-0.25, -0.2) is 0 Å². The monoisotopic (exact) mass is 600 g/mol. The summed E-state index contributed by atoms with van der Waals surface area (Å²) < 4.78 is 8.58. The second kappa shape index (κ2) is 10.1. The van der Waals surface area contributed by atoms with E-state index in [1.807, 2.05) is 12.1 Å². The van der Waals surface area contributed by atoms with Crippen LogP contribution in [-0.2, 0) is 0 Å². The largest absolute Gasteiger partial charge is 0.456 e. The lowest BCUT2D eigenvalue weighted by Gasteiger charge is -2.26. The van der Waals surface area contributed by atoms with E-state index in [0.717, 1.165) is 44.7 Å². The maximum Gasteiger partial charge on any atom is 0.136 e. The van der Waals surface area contributed by atoms with E-state index in [4.69, 9.17) is 4.42 Å². The molecule has 10 aromatic rings. The van der Waals surface area contributed by atoms with Gasteiger partial charge in [0.25, 0.3) is 0 Å². The molecule has 3 nitrogen and oxygen atoms in total. The van der Waals surface area contributed by atoms with E-state index in [1.54, 1.807) is 0 Å². The second-order valence-electron chi connectivity index (χ2n) is 12.2. The molecular formula is C44H28N2O. The number of aromatic nitrogens is 1. The highest BCUT2D eigenvalue weighted by Gasteiger charge is 2.17. The maximum absolute atomic E-state index is 6.20. The van der Waals surface area contributed by atoms with Crippen LogP contribution in [-0.4, -0.2) is 4.57 Å². The highest BCUT2D eigenvalue weighted by molar-refractivity contribution is 6.17. The van der Waals surface area contributed by atoms with Gasteiger partial charge in [-0.15, -0.1) is 0 Å². The number of hydrogen-bond donors (Lipinski definition) is 0. The Bertz CT molecular complexity index is 2750. The summed E-state index contributed by atoms with van der Waals surface area (Å²) in [6, 6.07) is 60.9. The zero-order chi connectivity index (χ0) is 30.9. The van der Waals surface area contributed by atoms with E-state index < -0.39 is 0 Å². The Morgan fingerprint density at radius 3 is 1.79 bits per heavy atom. The van der Waals surface area contributed by atoms with E-state index >= 15 is 0 Å². The first-order valence-electron chi connectivity index (χ1n) is 16.0. The van der Waals surface area contributed by atoms with E-state index in [0.29, 0.717) is 0 Å². The van der Waals surface area contributed by atoms with Crippen molar-refractivity contribution >= 4 is 82.4 Å². The van der Waals surface area contributed by atoms with Crippen molar-refractivity contribution in [3.8, 4) is 5.69 Å². The van der Waals surface area contributed by atoms with Gasteiger partial charge in [-0.3, -0.25) is 0 Å². The lowest BCUT2D eigenvalue weighted by molar-refractivity contribution is 0.669. The van der Waals surface area contributed by atoms with Crippen LogP contribution in [0, 0.1) is 0 Å². The fraction of sp³-hybridized carbons (Fsp3) is 0. The standard InChI is InChI=1S/C44H28N2O/c1-2-11-31(12-3-1)45(32-13-10-14-33(27-32)46-41-18-7-4-15-36(41)37-16-5-8-19-42(37)46)34-23-24-35-29(25-34)21-22-30-26-44-40(28-39(30)35)38-17-6-9-20-43(38)47-44/h1-28H. The molecule has 0 spiro atoms. The molecule has 0 unspecified atom stereocenters. The van der Waals surface area contributed by atoms with Crippen LogP contribution >= 0.6 is 0 Å². The van der Waals surface area contributed by atoms with Gasteiger partial charge in [-0.1, -0.05) is 97.1 Å². The third-order valence-electron chi connectivity index (χ3n) is 9.52. The molecule has 0 atom stereocenters. The molecule has 220 valence electrons. The van der Waals surface area contributed by atoms with Gasteiger partial charge in [0.1, 0.15) is 11.2 Å². The van der Waals surface area contributed by atoms with Crippen molar-refractivity contribution in [2.45, 2.75) is 0 Å². The Hall–Kier alpha value is -6.32. The van der Waals surface area contributed by atoms with Gasteiger partial charge in [0.05, 0.1) is 11.0 Å². The Labute approximate surface area is 271 Å². The van der Waals surface area contributed by atoms with E-state index in [9.17, 15) is 0 Å². The zero-order valence-electron chi connectivity index (χ0n) is 25.5. The summed E-state index contributed by atoms with van der Waals surface area (Å²) in [5.74, 6) is 0.